The fourth-order valence-electron chi connectivity index (χ4n) is 1.27. The molecule has 0 saturated carbocycles. The van der Waals surface area contributed by atoms with Crippen LogP contribution < -0.4 is 16.2 Å². The third-order valence-corrected chi connectivity index (χ3v) is 3.22. The molecule has 7 heteroatoms. The van der Waals surface area contributed by atoms with E-state index < -0.39 is 10.0 Å². The van der Waals surface area contributed by atoms with E-state index in [-0.39, 0.29) is 17.4 Å². The molecule has 6 nitrogen and oxygen atoms in total. The third-order valence-electron chi connectivity index (χ3n) is 2.26. The number of hydrogen-bond acceptors (Lipinski definition) is 5. The predicted octanol–water partition coefficient (Wildman–Crippen LogP) is -0.0435. The van der Waals surface area contributed by atoms with Crippen molar-refractivity contribution >= 4 is 21.4 Å². The molecule has 0 aliphatic heterocycles. The highest BCUT2D eigenvalue weighted by Crippen LogP contribution is 2.22. The first-order valence-corrected chi connectivity index (χ1v) is 6.66. The van der Waals surface area contributed by atoms with E-state index in [9.17, 15) is 8.42 Å². The minimum Gasteiger partial charge on any atom is -0.399 e. The van der Waals surface area contributed by atoms with E-state index in [0.29, 0.717) is 17.9 Å². The van der Waals surface area contributed by atoms with Crippen LogP contribution in [-0.2, 0) is 10.0 Å². The van der Waals surface area contributed by atoms with Gasteiger partial charge in [-0.1, -0.05) is 6.92 Å². The van der Waals surface area contributed by atoms with Crippen LogP contribution in [0.25, 0.3) is 0 Å². The Bertz CT molecular complexity index is 488. The number of nitrogen functional groups attached to an aromatic ring is 1. The summed E-state index contributed by atoms with van der Waals surface area (Å²) in [5.74, 6) is 0.0147. The molecule has 0 radical (unpaired) electrons. The molecule has 0 aliphatic rings. The Labute approximate surface area is 101 Å². The molecule has 0 fully saturated rings. The zero-order valence-electron chi connectivity index (χ0n) is 9.55. The standard InChI is InChI=1S/C10H17N3O3S/c1-7(6-14)5-13-9-3-2-8(11)4-10(9)17(12,15)16/h2-4,7,13-14H,5-6,11H2,1H3,(H2,12,15,16). The molecule has 1 atom stereocenters. The second kappa shape index (κ2) is 5.35. The number of hydrogen-bond donors (Lipinski definition) is 4. The fraction of sp³-hybridized carbons (Fsp3) is 0.400. The van der Waals surface area contributed by atoms with Gasteiger partial charge in [0.05, 0.1) is 5.69 Å². The molecule has 1 rings (SSSR count). The van der Waals surface area contributed by atoms with Crippen molar-refractivity contribution in [3.05, 3.63) is 18.2 Å². The molecule has 0 spiro atoms. The fourth-order valence-corrected chi connectivity index (χ4v) is 2.02. The lowest BCUT2D eigenvalue weighted by Gasteiger charge is -2.14. The summed E-state index contributed by atoms with van der Waals surface area (Å²) in [5, 5.41) is 16.9. The summed E-state index contributed by atoms with van der Waals surface area (Å²) >= 11 is 0. The van der Waals surface area contributed by atoms with Gasteiger partial charge in [-0.05, 0) is 24.1 Å². The molecular formula is C10H17N3O3S. The van der Waals surface area contributed by atoms with Crippen LogP contribution in [0, 0.1) is 5.92 Å². The van der Waals surface area contributed by atoms with Crippen molar-refractivity contribution in [2.24, 2.45) is 11.1 Å². The first-order valence-electron chi connectivity index (χ1n) is 5.11. The van der Waals surface area contributed by atoms with E-state index in [1.165, 1.54) is 6.07 Å². The lowest BCUT2D eigenvalue weighted by atomic mass is 10.2. The molecule has 1 aromatic rings. The zero-order chi connectivity index (χ0) is 13.1. The normalized spacial score (nSPS) is 13.4. The van der Waals surface area contributed by atoms with E-state index in [4.69, 9.17) is 16.0 Å². The summed E-state index contributed by atoms with van der Waals surface area (Å²) in [7, 11) is -3.82. The maximum Gasteiger partial charge on any atom is 0.240 e. The number of aliphatic hydroxyl groups is 1. The Hall–Kier alpha value is -1.31. The van der Waals surface area contributed by atoms with Gasteiger partial charge >= 0.3 is 0 Å². The Balaban J connectivity index is 3.00. The van der Waals surface area contributed by atoms with Gasteiger partial charge in [0.2, 0.25) is 10.0 Å². The van der Waals surface area contributed by atoms with Crippen molar-refractivity contribution in [1.82, 2.24) is 0 Å². The molecule has 96 valence electrons. The van der Waals surface area contributed by atoms with Gasteiger partial charge in [0.1, 0.15) is 4.90 Å². The highest BCUT2D eigenvalue weighted by molar-refractivity contribution is 7.89. The molecule has 17 heavy (non-hydrogen) atoms. The Kier molecular flexibility index (Phi) is 4.33. The molecule has 0 saturated heterocycles. The minimum absolute atomic E-state index is 0.0147. The highest BCUT2D eigenvalue weighted by Gasteiger charge is 2.14. The van der Waals surface area contributed by atoms with Gasteiger partial charge in [0.25, 0.3) is 0 Å². The van der Waals surface area contributed by atoms with E-state index in [0.717, 1.165) is 0 Å². The number of benzene rings is 1. The van der Waals surface area contributed by atoms with Gasteiger partial charge in [-0.15, -0.1) is 0 Å². The number of nitrogens with one attached hydrogen (secondary N) is 1. The Morgan fingerprint density at radius 2 is 2.12 bits per heavy atom. The maximum atomic E-state index is 11.4. The second-order valence-corrected chi connectivity index (χ2v) is 5.50. The largest absolute Gasteiger partial charge is 0.399 e. The summed E-state index contributed by atoms with van der Waals surface area (Å²) in [6.45, 7) is 2.30. The molecule has 0 aliphatic carbocycles. The Morgan fingerprint density at radius 3 is 2.65 bits per heavy atom. The van der Waals surface area contributed by atoms with Crippen LogP contribution in [0.2, 0.25) is 0 Å². The molecule has 0 amide bonds. The van der Waals surface area contributed by atoms with E-state index >= 15 is 0 Å². The van der Waals surface area contributed by atoms with Crippen LogP contribution in [0.3, 0.4) is 0 Å². The zero-order valence-corrected chi connectivity index (χ0v) is 10.4. The first-order chi connectivity index (χ1) is 7.84. The van der Waals surface area contributed by atoms with E-state index in [1.54, 1.807) is 12.1 Å². The van der Waals surface area contributed by atoms with E-state index in [1.807, 2.05) is 6.92 Å². The summed E-state index contributed by atoms with van der Waals surface area (Å²) in [4.78, 5) is -0.0392. The molecule has 1 unspecified atom stereocenters. The van der Waals surface area contributed by atoms with Crippen LogP contribution >= 0.6 is 0 Å². The summed E-state index contributed by atoms with van der Waals surface area (Å²) in [5.41, 5.74) is 6.24. The van der Waals surface area contributed by atoms with Gasteiger partial charge in [0.15, 0.2) is 0 Å². The predicted molar refractivity (Wildman–Crippen MR) is 67.0 cm³/mol. The van der Waals surface area contributed by atoms with Crippen LogP contribution in [0.1, 0.15) is 6.92 Å². The van der Waals surface area contributed by atoms with Crippen molar-refractivity contribution < 1.29 is 13.5 Å². The van der Waals surface area contributed by atoms with Crippen LogP contribution in [0.5, 0.6) is 0 Å². The van der Waals surface area contributed by atoms with Crippen LogP contribution in [-0.4, -0.2) is 26.7 Å². The average molecular weight is 259 g/mol. The summed E-state index contributed by atoms with van der Waals surface area (Å²) < 4.78 is 22.7. The number of primary sulfonamides is 1. The maximum absolute atomic E-state index is 11.4. The molecular weight excluding hydrogens is 242 g/mol. The lowest BCUT2D eigenvalue weighted by Crippen LogP contribution is -2.19. The van der Waals surface area contributed by atoms with Crippen LogP contribution in [0.15, 0.2) is 23.1 Å². The molecule has 6 N–H and O–H groups in total. The van der Waals surface area contributed by atoms with Crippen molar-refractivity contribution in [1.29, 1.82) is 0 Å². The quantitative estimate of drug-likeness (QED) is 0.553. The van der Waals surface area contributed by atoms with Crippen molar-refractivity contribution in [3.63, 3.8) is 0 Å². The number of rotatable bonds is 5. The van der Waals surface area contributed by atoms with Gasteiger partial charge in [-0.2, -0.15) is 0 Å². The monoisotopic (exact) mass is 259 g/mol. The topological polar surface area (TPSA) is 118 Å². The number of aliphatic hydroxyl groups excluding tert-OH is 1. The summed E-state index contributed by atoms with van der Waals surface area (Å²) in [6, 6.07) is 4.45. The smallest absolute Gasteiger partial charge is 0.240 e. The summed E-state index contributed by atoms with van der Waals surface area (Å²) in [6.07, 6.45) is 0. The van der Waals surface area contributed by atoms with Gasteiger partial charge in [-0.25, -0.2) is 13.6 Å². The average Bonchev–Trinajstić information content (AvgIpc) is 2.25. The molecule has 0 aromatic heterocycles. The third kappa shape index (κ3) is 3.88. The number of anilines is 2. The van der Waals surface area contributed by atoms with E-state index in [2.05, 4.69) is 5.32 Å². The molecule has 1 aromatic carbocycles. The van der Waals surface area contributed by atoms with Crippen molar-refractivity contribution in [2.75, 3.05) is 24.2 Å². The van der Waals surface area contributed by atoms with Gasteiger partial charge < -0.3 is 16.2 Å². The van der Waals surface area contributed by atoms with Crippen LogP contribution in [0.4, 0.5) is 11.4 Å². The van der Waals surface area contributed by atoms with Gasteiger partial charge in [-0.3, -0.25) is 0 Å². The molecule has 0 heterocycles. The highest BCUT2D eigenvalue weighted by atomic mass is 32.2. The van der Waals surface area contributed by atoms with Crippen molar-refractivity contribution in [3.8, 4) is 0 Å². The number of nitrogens with two attached hydrogens (primary N) is 2. The number of sulfonamides is 1. The molecule has 0 bridgehead atoms. The Morgan fingerprint density at radius 1 is 1.47 bits per heavy atom. The lowest BCUT2D eigenvalue weighted by molar-refractivity contribution is 0.244. The van der Waals surface area contributed by atoms with Gasteiger partial charge in [0, 0.05) is 18.8 Å². The second-order valence-electron chi connectivity index (χ2n) is 3.97. The first kappa shape index (κ1) is 13.8. The SMILES string of the molecule is CC(CO)CNc1ccc(N)cc1S(N)(=O)=O. The minimum atomic E-state index is -3.82. The van der Waals surface area contributed by atoms with Crippen molar-refractivity contribution in [2.45, 2.75) is 11.8 Å².